The zero-order valence-electron chi connectivity index (χ0n) is 11.2. The first-order chi connectivity index (χ1) is 9.27. The van der Waals surface area contributed by atoms with Crippen LogP contribution < -0.4 is 10.5 Å². The third-order valence-electron chi connectivity index (χ3n) is 3.67. The summed E-state index contributed by atoms with van der Waals surface area (Å²) in [5, 5.41) is 0. The fourth-order valence-electron chi connectivity index (χ4n) is 2.74. The smallest absolute Gasteiger partial charge is 0.130 e. The molecule has 0 aliphatic carbocycles. The quantitative estimate of drug-likeness (QED) is 0.885. The van der Waals surface area contributed by atoms with E-state index in [1.54, 1.807) is 0 Å². The molecule has 0 saturated heterocycles. The summed E-state index contributed by atoms with van der Waals surface area (Å²) in [5.74, 6) is 1.04. The van der Waals surface area contributed by atoms with Gasteiger partial charge in [-0.2, -0.15) is 0 Å². The van der Waals surface area contributed by atoms with E-state index in [1.165, 1.54) is 22.3 Å². The highest BCUT2D eigenvalue weighted by molar-refractivity contribution is 5.75. The first kappa shape index (κ1) is 12.2. The van der Waals surface area contributed by atoms with Gasteiger partial charge in [-0.25, -0.2) is 0 Å². The predicted octanol–water partition coefficient (Wildman–Crippen LogP) is 3.70. The number of fused-ring (bicyclic) bond motifs is 1. The van der Waals surface area contributed by atoms with Crippen molar-refractivity contribution >= 4 is 0 Å². The van der Waals surface area contributed by atoms with Crippen LogP contribution in [0.2, 0.25) is 0 Å². The van der Waals surface area contributed by atoms with Crippen molar-refractivity contribution in [2.24, 2.45) is 5.73 Å². The molecule has 0 bridgehead atoms. The van der Waals surface area contributed by atoms with E-state index in [-0.39, 0.29) is 6.04 Å². The summed E-state index contributed by atoms with van der Waals surface area (Å²) in [6.07, 6.45) is 2.20. The average Bonchev–Trinajstić information content (AvgIpc) is 2.46. The summed E-state index contributed by atoms with van der Waals surface area (Å²) in [7, 11) is 0. The van der Waals surface area contributed by atoms with Gasteiger partial charge in [-0.1, -0.05) is 42.5 Å². The van der Waals surface area contributed by atoms with Gasteiger partial charge in [0.05, 0.1) is 6.61 Å². The van der Waals surface area contributed by atoms with Crippen LogP contribution in [-0.2, 0) is 6.42 Å². The molecule has 3 rings (SSSR count). The molecule has 2 aromatic carbocycles. The third kappa shape index (κ3) is 2.24. The summed E-state index contributed by atoms with van der Waals surface area (Å²) < 4.78 is 5.90. The predicted molar refractivity (Wildman–Crippen MR) is 78.3 cm³/mol. The van der Waals surface area contributed by atoms with E-state index in [2.05, 4.69) is 36.4 Å². The van der Waals surface area contributed by atoms with Gasteiger partial charge in [0.15, 0.2) is 0 Å². The van der Waals surface area contributed by atoms with Crippen LogP contribution in [0.4, 0.5) is 0 Å². The lowest BCUT2D eigenvalue weighted by Gasteiger charge is -2.22. The Hall–Kier alpha value is -1.80. The molecule has 98 valence electrons. The van der Waals surface area contributed by atoms with Gasteiger partial charge in [-0.05, 0) is 36.5 Å². The van der Waals surface area contributed by atoms with Crippen molar-refractivity contribution in [2.75, 3.05) is 6.61 Å². The normalized spacial score (nSPS) is 15.5. The number of hydrogen-bond donors (Lipinski definition) is 1. The molecule has 1 aliphatic heterocycles. The fraction of sp³-hybridized carbons (Fsp3) is 0.294. The molecular formula is C17H19NO. The molecule has 1 atom stereocenters. The van der Waals surface area contributed by atoms with Gasteiger partial charge < -0.3 is 10.5 Å². The maximum absolute atomic E-state index is 6.09. The third-order valence-corrected chi connectivity index (χ3v) is 3.67. The highest BCUT2D eigenvalue weighted by Crippen LogP contribution is 2.38. The zero-order valence-corrected chi connectivity index (χ0v) is 11.2. The summed E-state index contributed by atoms with van der Waals surface area (Å²) >= 11 is 0. The van der Waals surface area contributed by atoms with Crippen LogP contribution >= 0.6 is 0 Å². The molecule has 0 fully saturated rings. The van der Waals surface area contributed by atoms with Gasteiger partial charge in [0, 0.05) is 11.6 Å². The monoisotopic (exact) mass is 253 g/mol. The summed E-state index contributed by atoms with van der Waals surface area (Å²) in [5.41, 5.74) is 10.9. The van der Waals surface area contributed by atoms with Gasteiger partial charge in [0.1, 0.15) is 5.75 Å². The van der Waals surface area contributed by atoms with Crippen LogP contribution in [0, 0.1) is 0 Å². The maximum atomic E-state index is 6.09. The molecule has 19 heavy (non-hydrogen) atoms. The van der Waals surface area contributed by atoms with Crippen molar-refractivity contribution in [3.8, 4) is 16.9 Å². The topological polar surface area (TPSA) is 35.2 Å². The van der Waals surface area contributed by atoms with Crippen molar-refractivity contribution in [1.82, 2.24) is 0 Å². The molecule has 2 heteroatoms. The van der Waals surface area contributed by atoms with Crippen LogP contribution in [0.5, 0.6) is 5.75 Å². The largest absolute Gasteiger partial charge is 0.493 e. The number of benzene rings is 2. The molecule has 2 nitrogen and oxygen atoms in total. The van der Waals surface area contributed by atoms with E-state index in [9.17, 15) is 0 Å². The van der Waals surface area contributed by atoms with Crippen LogP contribution in [0.3, 0.4) is 0 Å². The Bertz CT molecular complexity index is 590. The number of nitrogens with two attached hydrogens (primary N) is 1. The Labute approximate surface area is 114 Å². The maximum Gasteiger partial charge on any atom is 0.130 e. The van der Waals surface area contributed by atoms with Crippen molar-refractivity contribution < 1.29 is 4.74 Å². The van der Waals surface area contributed by atoms with Crippen molar-refractivity contribution in [2.45, 2.75) is 25.8 Å². The number of rotatable bonds is 2. The second kappa shape index (κ2) is 5.06. The lowest BCUT2D eigenvalue weighted by atomic mass is 9.92. The molecule has 1 aliphatic rings. The summed E-state index contributed by atoms with van der Waals surface area (Å²) in [6.45, 7) is 2.83. The van der Waals surface area contributed by atoms with E-state index < -0.39 is 0 Å². The van der Waals surface area contributed by atoms with Crippen LogP contribution in [0.15, 0.2) is 42.5 Å². The molecule has 0 aromatic heterocycles. The Morgan fingerprint density at radius 2 is 1.84 bits per heavy atom. The minimum atomic E-state index is 0.0237. The number of ether oxygens (including phenoxy) is 1. The number of aryl methyl sites for hydroxylation is 1. The summed E-state index contributed by atoms with van der Waals surface area (Å²) in [6, 6.07) is 14.8. The molecular weight excluding hydrogens is 234 g/mol. The second-order valence-corrected chi connectivity index (χ2v) is 5.12. The van der Waals surface area contributed by atoms with E-state index in [0.717, 1.165) is 25.2 Å². The Morgan fingerprint density at radius 1 is 1.05 bits per heavy atom. The van der Waals surface area contributed by atoms with E-state index in [4.69, 9.17) is 10.5 Å². The molecule has 1 unspecified atom stereocenters. The molecule has 0 saturated carbocycles. The molecule has 0 spiro atoms. The number of hydrogen-bond acceptors (Lipinski definition) is 2. The first-order valence-electron chi connectivity index (χ1n) is 6.87. The van der Waals surface area contributed by atoms with Gasteiger partial charge in [-0.3, -0.25) is 0 Å². The minimum Gasteiger partial charge on any atom is -0.493 e. The molecule has 2 aromatic rings. The first-order valence-corrected chi connectivity index (χ1v) is 6.87. The van der Waals surface area contributed by atoms with Gasteiger partial charge in [0.2, 0.25) is 0 Å². The molecule has 0 amide bonds. The second-order valence-electron chi connectivity index (χ2n) is 5.12. The van der Waals surface area contributed by atoms with Crippen LogP contribution in [0.25, 0.3) is 11.1 Å². The summed E-state index contributed by atoms with van der Waals surface area (Å²) in [4.78, 5) is 0. The standard InChI is InChI=1S/C17H19NO/c1-12(18)14-8-2-3-9-15(14)16-10-4-6-13-7-5-11-19-17(13)16/h2-4,6,8-10,12H,5,7,11,18H2,1H3. The fourth-order valence-corrected chi connectivity index (χ4v) is 2.74. The highest BCUT2D eigenvalue weighted by atomic mass is 16.5. The zero-order chi connectivity index (χ0) is 13.2. The average molecular weight is 253 g/mol. The van der Waals surface area contributed by atoms with E-state index in [0.29, 0.717) is 0 Å². The molecule has 2 N–H and O–H groups in total. The Balaban J connectivity index is 2.17. The lowest BCUT2D eigenvalue weighted by Crippen LogP contribution is -2.11. The number of para-hydroxylation sites is 1. The molecule has 0 radical (unpaired) electrons. The SMILES string of the molecule is CC(N)c1ccccc1-c1cccc2c1OCCC2. The van der Waals surface area contributed by atoms with Crippen molar-refractivity contribution in [3.63, 3.8) is 0 Å². The minimum absolute atomic E-state index is 0.0237. The van der Waals surface area contributed by atoms with E-state index >= 15 is 0 Å². The highest BCUT2D eigenvalue weighted by Gasteiger charge is 2.17. The van der Waals surface area contributed by atoms with Gasteiger partial charge in [-0.15, -0.1) is 0 Å². The van der Waals surface area contributed by atoms with Crippen molar-refractivity contribution in [3.05, 3.63) is 53.6 Å². The van der Waals surface area contributed by atoms with Crippen LogP contribution in [-0.4, -0.2) is 6.61 Å². The van der Waals surface area contributed by atoms with Gasteiger partial charge in [0.25, 0.3) is 0 Å². The Morgan fingerprint density at radius 3 is 2.68 bits per heavy atom. The lowest BCUT2D eigenvalue weighted by molar-refractivity contribution is 0.289. The molecule has 1 heterocycles. The van der Waals surface area contributed by atoms with Crippen LogP contribution in [0.1, 0.15) is 30.5 Å². The van der Waals surface area contributed by atoms with E-state index in [1.807, 2.05) is 13.0 Å². The van der Waals surface area contributed by atoms with Gasteiger partial charge >= 0.3 is 0 Å². The van der Waals surface area contributed by atoms with Crippen molar-refractivity contribution in [1.29, 1.82) is 0 Å². The Kier molecular flexibility index (Phi) is 3.26.